The molecule has 0 unspecified atom stereocenters. The van der Waals surface area contributed by atoms with Crippen LogP contribution in [0.3, 0.4) is 0 Å². The molecule has 5 heteroatoms. The largest absolute Gasteiger partial charge is 0.481 e. The molecular weight excluding hydrogens is 230 g/mol. The number of hydrogen-bond acceptors (Lipinski definition) is 4. The van der Waals surface area contributed by atoms with Gasteiger partial charge in [0.2, 0.25) is 11.8 Å². The first-order valence-corrected chi connectivity index (χ1v) is 6.20. The fraction of sp³-hybridized carbons (Fsp3) is 0.538. The van der Waals surface area contributed by atoms with E-state index in [1.165, 1.54) is 0 Å². The zero-order valence-electron chi connectivity index (χ0n) is 10.6. The summed E-state index contributed by atoms with van der Waals surface area (Å²) >= 11 is 0. The molecule has 0 bridgehead atoms. The van der Waals surface area contributed by atoms with Crippen molar-refractivity contribution < 1.29 is 9.53 Å². The number of ether oxygens (including phenoxy) is 1. The summed E-state index contributed by atoms with van der Waals surface area (Å²) in [5.41, 5.74) is 6.33. The third kappa shape index (κ3) is 2.79. The van der Waals surface area contributed by atoms with Gasteiger partial charge in [0.25, 0.3) is 0 Å². The van der Waals surface area contributed by atoms with Crippen molar-refractivity contribution in [1.82, 2.24) is 10.3 Å². The second-order valence-corrected chi connectivity index (χ2v) is 4.75. The summed E-state index contributed by atoms with van der Waals surface area (Å²) in [4.78, 5) is 16.1. The Hall–Kier alpha value is -1.62. The Morgan fingerprint density at radius 1 is 1.50 bits per heavy atom. The Kier molecular flexibility index (Phi) is 3.81. The SMILES string of the molecule is COc1ccc(CNC(=O)C2(N)CCCC2)cn1. The number of nitrogens with zero attached hydrogens (tertiary/aromatic N) is 1. The van der Waals surface area contributed by atoms with Gasteiger partial charge in [0, 0.05) is 18.8 Å². The lowest BCUT2D eigenvalue weighted by Gasteiger charge is -2.22. The number of methoxy groups -OCH3 is 1. The molecule has 0 aromatic carbocycles. The Morgan fingerprint density at radius 3 is 2.78 bits per heavy atom. The van der Waals surface area contributed by atoms with Gasteiger partial charge in [-0.1, -0.05) is 18.9 Å². The minimum atomic E-state index is -0.667. The minimum absolute atomic E-state index is 0.0594. The number of aromatic nitrogens is 1. The van der Waals surface area contributed by atoms with Gasteiger partial charge in [0.05, 0.1) is 12.6 Å². The van der Waals surface area contributed by atoms with Crippen LogP contribution in [0.2, 0.25) is 0 Å². The third-order valence-electron chi connectivity index (χ3n) is 3.41. The number of nitrogens with two attached hydrogens (primary N) is 1. The summed E-state index contributed by atoms with van der Waals surface area (Å²) in [6, 6.07) is 3.65. The van der Waals surface area contributed by atoms with Gasteiger partial charge >= 0.3 is 0 Å². The van der Waals surface area contributed by atoms with Crippen LogP contribution in [-0.2, 0) is 11.3 Å². The fourth-order valence-electron chi connectivity index (χ4n) is 2.23. The molecule has 5 nitrogen and oxygen atoms in total. The second-order valence-electron chi connectivity index (χ2n) is 4.75. The van der Waals surface area contributed by atoms with E-state index in [1.54, 1.807) is 19.4 Å². The van der Waals surface area contributed by atoms with Gasteiger partial charge in [0.15, 0.2) is 0 Å². The minimum Gasteiger partial charge on any atom is -0.481 e. The maximum atomic E-state index is 12.0. The van der Waals surface area contributed by atoms with E-state index < -0.39 is 5.54 Å². The van der Waals surface area contributed by atoms with Crippen LogP contribution < -0.4 is 15.8 Å². The van der Waals surface area contributed by atoms with Crippen molar-refractivity contribution in [1.29, 1.82) is 0 Å². The average molecular weight is 249 g/mol. The molecule has 0 saturated heterocycles. The summed E-state index contributed by atoms with van der Waals surface area (Å²) in [5, 5.41) is 2.87. The van der Waals surface area contributed by atoms with Crippen LogP contribution in [0.1, 0.15) is 31.2 Å². The van der Waals surface area contributed by atoms with Gasteiger partial charge in [-0.3, -0.25) is 4.79 Å². The van der Waals surface area contributed by atoms with E-state index in [1.807, 2.05) is 6.07 Å². The van der Waals surface area contributed by atoms with Crippen LogP contribution >= 0.6 is 0 Å². The molecule has 1 aliphatic carbocycles. The van der Waals surface area contributed by atoms with Crippen LogP contribution in [0.15, 0.2) is 18.3 Å². The highest BCUT2D eigenvalue weighted by Gasteiger charge is 2.36. The van der Waals surface area contributed by atoms with E-state index in [0.29, 0.717) is 12.4 Å². The van der Waals surface area contributed by atoms with Gasteiger partial charge < -0.3 is 15.8 Å². The Balaban J connectivity index is 1.88. The predicted molar refractivity (Wildman–Crippen MR) is 68.0 cm³/mol. The molecule has 1 heterocycles. The zero-order valence-corrected chi connectivity index (χ0v) is 10.6. The first-order valence-electron chi connectivity index (χ1n) is 6.20. The van der Waals surface area contributed by atoms with Crippen molar-refractivity contribution in [3.05, 3.63) is 23.9 Å². The van der Waals surface area contributed by atoms with E-state index in [2.05, 4.69) is 10.3 Å². The van der Waals surface area contributed by atoms with E-state index >= 15 is 0 Å². The first-order chi connectivity index (χ1) is 8.64. The van der Waals surface area contributed by atoms with Crippen LogP contribution in [-0.4, -0.2) is 23.5 Å². The van der Waals surface area contributed by atoms with Crippen molar-refractivity contribution in [3.8, 4) is 5.88 Å². The average Bonchev–Trinajstić information content (AvgIpc) is 2.85. The van der Waals surface area contributed by atoms with Crippen molar-refractivity contribution >= 4 is 5.91 Å². The zero-order chi connectivity index (χ0) is 13.0. The highest BCUT2D eigenvalue weighted by Crippen LogP contribution is 2.27. The van der Waals surface area contributed by atoms with E-state index in [4.69, 9.17) is 10.5 Å². The number of carbonyl (C=O) groups excluding carboxylic acids is 1. The molecule has 1 aromatic rings. The molecule has 1 saturated carbocycles. The first kappa shape index (κ1) is 12.8. The molecule has 18 heavy (non-hydrogen) atoms. The lowest BCUT2D eigenvalue weighted by molar-refractivity contribution is -0.126. The Labute approximate surface area is 107 Å². The molecule has 1 aromatic heterocycles. The topological polar surface area (TPSA) is 77.2 Å². The number of rotatable bonds is 4. The molecule has 0 radical (unpaired) electrons. The van der Waals surface area contributed by atoms with Crippen LogP contribution in [0.5, 0.6) is 5.88 Å². The van der Waals surface area contributed by atoms with Crippen LogP contribution in [0.25, 0.3) is 0 Å². The van der Waals surface area contributed by atoms with E-state index in [9.17, 15) is 4.79 Å². The number of pyridine rings is 1. The van der Waals surface area contributed by atoms with Crippen molar-refractivity contribution in [2.75, 3.05) is 7.11 Å². The summed E-state index contributed by atoms with van der Waals surface area (Å²) in [6.07, 6.45) is 5.32. The number of carbonyl (C=O) groups is 1. The van der Waals surface area contributed by atoms with Gasteiger partial charge in [0.1, 0.15) is 0 Å². The van der Waals surface area contributed by atoms with Gasteiger partial charge in [-0.25, -0.2) is 4.98 Å². The number of nitrogens with one attached hydrogen (secondary N) is 1. The maximum Gasteiger partial charge on any atom is 0.240 e. The maximum absolute atomic E-state index is 12.0. The van der Waals surface area contributed by atoms with E-state index in [0.717, 1.165) is 31.2 Å². The van der Waals surface area contributed by atoms with Crippen molar-refractivity contribution in [2.45, 2.75) is 37.8 Å². The number of amides is 1. The predicted octanol–water partition coefficient (Wildman–Crippen LogP) is 0.978. The second kappa shape index (κ2) is 5.35. The molecule has 1 aliphatic rings. The summed E-state index contributed by atoms with van der Waals surface area (Å²) < 4.78 is 4.97. The standard InChI is InChI=1S/C13H19N3O2/c1-18-11-5-4-10(8-15-11)9-16-12(17)13(14)6-2-3-7-13/h4-5,8H,2-3,6-7,9,14H2,1H3,(H,16,17). The van der Waals surface area contributed by atoms with Gasteiger partial charge in [-0.2, -0.15) is 0 Å². The van der Waals surface area contributed by atoms with Gasteiger partial charge in [-0.05, 0) is 18.4 Å². The summed E-state index contributed by atoms with van der Waals surface area (Å²) in [7, 11) is 1.57. The smallest absolute Gasteiger partial charge is 0.240 e. The summed E-state index contributed by atoms with van der Waals surface area (Å²) in [5.74, 6) is 0.506. The van der Waals surface area contributed by atoms with E-state index in [-0.39, 0.29) is 5.91 Å². The molecule has 0 atom stereocenters. The normalized spacial score (nSPS) is 17.4. The Morgan fingerprint density at radius 2 is 2.22 bits per heavy atom. The van der Waals surface area contributed by atoms with Gasteiger partial charge in [-0.15, -0.1) is 0 Å². The van der Waals surface area contributed by atoms with Crippen LogP contribution in [0.4, 0.5) is 0 Å². The fourth-order valence-corrected chi connectivity index (χ4v) is 2.23. The number of hydrogen-bond donors (Lipinski definition) is 2. The molecular formula is C13H19N3O2. The lowest BCUT2D eigenvalue weighted by atomic mass is 9.98. The quantitative estimate of drug-likeness (QED) is 0.833. The van der Waals surface area contributed by atoms with Crippen molar-refractivity contribution in [2.24, 2.45) is 5.73 Å². The molecule has 98 valence electrons. The monoisotopic (exact) mass is 249 g/mol. The highest BCUT2D eigenvalue weighted by molar-refractivity contribution is 5.86. The Bertz CT molecular complexity index is 411. The molecule has 2 rings (SSSR count). The highest BCUT2D eigenvalue weighted by atomic mass is 16.5. The molecule has 3 N–H and O–H groups in total. The lowest BCUT2D eigenvalue weighted by Crippen LogP contribution is -2.51. The molecule has 0 spiro atoms. The third-order valence-corrected chi connectivity index (χ3v) is 3.41. The molecule has 0 aliphatic heterocycles. The molecule has 1 amide bonds. The summed E-state index contributed by atoms with van der Waals surface area (Å²) in [6.45, 7) is 0.453. The van der Waals surface area contributed by atoms with Crippen molar-refractivity contribution in [3.63, 3.8) is 0 Å². The molecule has 1 fully saturated rings. The van der Waals surface area contributed by atoms with Crippen LogP contribution in [0, 0.1) is 0 Å².